The molecule has 42 heavy (non-hydrogen) atoms. The number of hydrogen-bond donors (Lipinski definition) is 0. The maximum Gasteiger partial charge on any atom is 0.273 e. The molecule has 0 atom stereocenters. The van der Waals surface area contributed by atoms with E-state index < -0.39 is 4.92 Å². The number of carbonyl (C=O) groups is 1. The smallest absolute Gasteiger partial charge is 0.273 e. The van der Waals surface area contributed by atoms with Crippen LogP contribution in [0.15, 0.2) is 72.1 Å². The molecule has 2 aliphatic heterocycles. The summed E-state index contributed by atoms with van der Waals surface area (Å²) in [6.45, 7) is 4.53. The SMILES string of the molecule is O=C(c1csc(CN(Cc2ccc(Cl)cc2)Cc2ccc3c(c2)OCO3)n1)N1CCN(c2ccc([N+](=O)[O-])cc2)CC1. The zero-order chi connectivity index (χ0) is 29.1. The minimum Gasteiger partial charge on any atom is -0.454 e. The van der Waals surface area contributed by atoms with E-state index in [2.05, 4.69) is 9.80 Å². The fraction of sp³-hybridized carbons (Fsp3) is 0.267. The Kier molecular flexibility index (Phi) is 8.22. The highest BCUT2D eigenvalue weighted by Gasteiger charge is 2.25. The first-order chi connectivity index (χ1) is 20.4. The van der Waals surface area contributed by atoms with Crippen molar-refractivity contribution < 1.29 is 19.2 Å². The normalized spacial score (nSPS) is 14.4. The van der Waals surface area contributed by atoms with Gasteiger partial charge in [-0.25, -0.2) is 4.98 Å². The van der Waals surface area contributed by atoms with Crippen LogP contribution < -0.4 is 14.4 Å². The van der Waals surface area contributed by atoms with Gasteiger partial charge in [-0.05, 0) is 47.5 Å². The molecule has 3 aromatic carbocycles. The number of piperazine rings is 1. The molecule has 3 heterocycles. The van der Waals surface area contributed by atoms with Crippen molar-refractivity contribution in [2.45, 2.75) is 19.6 Å². The zero-order valence-corrected chi connectivity index (χ0v) is 24.2. The summed E-state index contributed by atoms with van der Waals surface area (Å²) < 4.78 is 11.0. The number of non-ortho nitro benzene ring substituents is 1. The third-order valence-corrected chi connectivity index (χ3v) is 8.37. The zero-order valence-electron chi connectivity index (χ0n) is 22.6. The quantitative estimate of drug-likeness (QED) is 0.180. The van der Waals surface area contributed by atoms with E-state index in [0.717, 1.165) is 33.3 Å². The van der Waals surface area contributed by atoms with Gasteiger partial charge in [0.05, 0.1) is 11.5 Å². The van der Waals surface area contributed by atoms with Crippen LogP contribution in [-0.4, -0.2) is 58.6 Å². The van der Waals surface area contributed by atoms with Crippen LogP contribution in [0, 0.1) is 10.1 Å². The van der Waals surface area contributed by atoms with Crippen molar-refractivity contribution in [2.75, 3.05) is 37.9 Å². The fourth-order valence-corrected chi connectivity index (χ4v) is 6.04. The summed E-state index contributed by atoms with van der Waals surface area (Å²) in [5.74, 6) is 1.41. The molecule has 1 saturated heterocycles. The average Bonchev–Trinajstić information content (AvgIpc) is 3.68. The number of amides is 1. The molecular formula is C30H28ClN5O5S. The van der Waals surface area contributed by atoms with Gasteiger partial charge in [-0.2, -0.15) is 0 Å². The number of nitro groups is 1. The topological polar surface area (TPSA) is 101 Å². The summed E-state index contributed by atoms with van der Waals surface area (Å²) in [5.41, 5.74) is 3.64. The first-order valence-corrected chi connectivity index (χ1v) is 14.8. The highest BCUT2D eigenvalue weighted by Crippen LogP contribution is 2.33. The lowest BCUT2D eigenvalue weighted by molar-refractivity contribution is -0.384. The third-order valence-electron chi connectivity index (χ3n) is 7.28. The molecule has 2 aliphatic rings. The van der Waals surface area contributed by atoms with E-state index in [1.54, 1.807) is 12.1 Å². The Labute approximate surface area is 251 Å². The predicted octanol–water partition coefficient (Wildman–Crippen LogP) is 5.60. The summed E-state index contributed by atoms with van der Waals surface area (Å²) in [7, 11) is 0. The molecule has 0 aliphatic carbocycles. The van der Waals surface area contributed by atoms with Gasteiger partial charge in [-0.3, -0.25) is 19.8 Å². The highest BCUT2D eigenvalue weighted by molar-refractivity contribution is 7.09. The van der Waals surface area contributed by atoms with E-state index in [4.69, 9.17) is 26.1 Å². The number of nitro benzene ring substituents is 1. The Morgan fingerprint density at radius 2 is 1.62 bits per heavy atom. The van der Waals surface area contributed by atoms with Crippen LogP contribution in [0.5, 0.6) is 11.5 Å². The van der Waals surface area contributed by atoms with Gasteiger partial charge in [0, 0.05) is 67.5 Å². The van der Waals surface area contributed by atoms with E-state index >= 15 is 0 Å². The number of halogens is 1. The fourth-order valence-electron chi connectivity index (χ4n) is 5.10. The van der Waals surface area contributed by atoms with Gasteiger partial charge in [-0.1, -0.05) is 29.8 Å². The van der Waals surface area contributed by atoms with Crippen LogP contribution in [0.1, 0.15) is 26.6 Å². The van der Waals surface area contributed by atoms with Gasteiger partial charge >= 0.3 is 0 Å². The number of aromatic nitrogens is 1. The Morgan fingerprint density at radius 1 is 0.929 bits per heavy atom. The average molecular weight is 606 g/mol. The molecule has 0 N–H and O–H groups in total. The van der Waals surface area contributed by atoms with Crippen molar-refractivity contribution in [1.82, 2.24) is 14.8 Å². The molecule has 0 unspecified atom stereocenters. The molecular weight excluding hydrogens is 578 g/mol. The molecule has 1 fully saturated rings. The molecule has 0 saturated carbocycles. The number of anilines is 1. The lowest BCUT2D eigenvalue weighted by Crippen LogP contribution is -2.48. The molecule has 0 radical (unpaired) electrons. The lowest BCUT2D eigenvalue weighted by Gasteiger charge is -2.35. The van der Waals surface area contributed by atoms with E-state index in [-0.39, 0.29) is 18.4 Å². The minimum absolute atomic E-state index is 0.0644. The van der Waals surface area contributed by atoms with Gasteiger partial charge in [0.25, 0.3) is 11.6 Å². The molecule has 6 rings (SSSR count). The molecule has 4 aromatic rings. The minimum atomic E-state index is -0.406. The predicted molar refractivity (Wildman–Crippen MR) is 160 cm³/mol. The number of hydrogen-bond acceptors (Lipinski definition) is 9. The number of nitrogens with zero attached hydrogens (tertiary/aromatic N) is 5. The number of benzene rings is 3. The lowest BCUT2D eigenvalue weighted by atomic mass is 10.1. The monoisotopic (exact) mass is 605 g/mol. The van der Waals surface area contributed by atoms with Crippen molar-refractivity contribution in [1.29, 1.82) is 0 Å². The maximum absolute atomic E-state index is 13.3. The van der Waals surface area contributed by atoms with Gasteiger partial charge in [0.2, 0.25) is 6.79 Å². The Balaban J connectivity index is 1.10. The number of thiazole rings is 1. The van der Waals surface area contributed by atoms with Crippen LogP contribution in [0.2, 0.25) is 5.02 Å². The van der Waals surface area contributed by atoms with Crippen LogP contribution in [0.25, 0.3) is 0 Å². The van der Waals surface area contributed by atoms with Gasteiger partial charge in [0.1, 0.15) is 10.7 Å². The number of ether oxygens (including phenoxy) is 2. The van der Waals surface area contributed by atoms with Crippen LogP contribution in [0.3, 0.4) is 0 Å². The summed E-state index contributed by atoms with van der Waals surface area (Å²) in [6, 6.07) is 20.3. The third kappa shape index (κ3) is 6.48. The van der Waals surface area contributed by atoms with Crippen molar-refractivity contribution in [2.24, 2.45) is 0 Å². The van der Waals surface area contributed by atoms with Crippen molar-refractivity contribution in [3.63, 3.8) is 0 Å². The van der Waals surface area contributed by atoms with Crippen LogP contribution in [-0.2, 0) is 19.6 Å². The van der Waals surface area contributed by atoms with Crippen molar-refractivity contribution in [3.8, 4) is 11.5 Å². The Hall–Kier alpha value is -4.19. The largest absolute Gasteiger partial charge is 0.454 e. The van der Waals surface area contributed by atoms with E-state index in [1.165, 1.54) is 23.5 Å². The summed E-state index contributed by atoms with van der Waals surface area (Å²) >= 11 is 7.59. The standard InChI is InChI=1S/C30H28ClN5O5S/c31-23-4-1-21(2-5-23)16-33(17-22-3-10-27-28(15-22)41-20-40-27)18-29-32-26(19-42-29)30(37)35-13-11-34(12-14-35)24-6-8-25(9-7-24)36(38)39/h1-10,15,19H,11-14,16-18,20H2. The van der Waals surface area contributed by atoms with E-state index in [9.17, 15) is 14.9 Å². The molecule has 216 valence electrons. The van der Waals surface area contributed by atoms with Crippen LogP contribution >= 0.6 is 22.9 Å². The second-order valence-electron chi connectivity index (χ2n) is 10.1. The van der Waals surface area contributed by atoms with Crippen LogP contribution in [0.4, 0.5) is 11.4 Å². The number of rotatable bonds is 9. The second-order valence-corrected chi connectivity index (χ2v) is 11.5. The summed E-state index contributed by atoms with van der Waals surface area (Å²) in [4.78, 5) is 34.8. The number of fused-ring (bicyclic) bond motifs is 1. The molecule has 1 amide bonds. The Bertz CT molecular complexity index is 1570. The second kappa shape index (κ2) is 12.4. The maximum atomic E-state index is 13.3. The van der Waals surface area contributed by atoms with Gasteiger partial charge in [-0.15, -0.1) is 11.3 Å². The molecule has 12 heteroatoms. The van der Waals surface area contributed by atoms with Gasteiger partial charge < -0.3 is 19.3 Å². The molecule has 10 nitrogen and oxygen atoms in total. The van der Waals surface area contributed by atoms with Gasteiger partial charge in [0.15, 0.2) is 11.5 Å². The highest BCUT2D eigenvalue weighted by atomic mass is 35.5. The van der Waals surface area contributed by atoms with E-state index in [1.807, 2.05) is 52.7 Å². The first-order valence-electron chi connectivity index (χ1n) is 13.5. The molecule has 0 bridgehead atoms. The van der Waals surface area contributed by atoms with Crippen molar-refractivity contribution in [3.05, 3.63) is 109 Å². The molecule has 0 spiro atoms. The van der Waals surface area contributed by atoms with E-state index in [0.29, 0.717) is 56.5 Å². The van der Waals surface area contributed by atoms with Crippen molar-refractivity contribution >= 4 is 40.2 Å². The molecule has 1 aromatic heterocycles. The number of carbonyl (C=O) groups excluding carboxylic acids is 1. The first kappa shape index (κ1) is 28.0. The summed E-state index contributed by atoms with van der Waals surface area (Å²) in [6.07, 6.45) is 0. The Morgan fingerprint density at radius 3 is 2.36 bits per heavy atom. The summed E-state index contributed by atoms with van der Waals surface area (Å²) in [5, 5.41) is 14.3.